The zero-order valence-electron chi connectivity index (χ0n) is 13.7. The third-order valence-corrected chi connectivity index (χ3v) is 4.18. The van der Waals surface area contributed by atoms with Gasteiger partial charge < -0.3 is 9.73 Å². The van der Waals surface area contributed by atoms with Crippen LogP contribution in [-0.2, 0) is 17.9 Å². The van der Waals surface area contributed by atoms with Gasteiger partial charge in [-0.05, 0) is 35.9 Å². The molecule has 0 radical (unpaired) electrons. The van der Waals surface area contributed by atoms with Crippen LogP contribution in [0.2, 0.25) is 0 Å². The Hall–Kier alpha value is -2.37. The first kappa shape index (κ1) is 17.5. The van der Waals surface area contributed by atoms with E-state index in [0.29, 0.717) is 13.1 Å². The number of hydrogen-bond donors (Lipinski definition) is 1. The molecular weight excluding hydrogens is 380 g/mol. The highest BCUT2D eigenvalue weighted by Gasteiger charge is 2.14. The quantitative estimate of drug-likeness (QED) is 0.628. The Morgan fingerprint density at radius 3 is 2.56 bits per heavy atom. The lowest BCUT2D eigenvalue weighted by atomic mass is 10.2. The largest absolute Gasteiger partial charge is 0.468 e. The van der Waals surface area contributed by atoms with Crippen molar-refractivity contribution in [3.05, 3.63) is 88.8 Å². The number of nitrogens with one attached hydrogen (secondary N) is 1. The molecule has 0 unspecified atom stereocenters. The maximum atomic E-state index is 12.5. The minimum atomic E-state index is -0.0550. The van der Waals surface area contributed by atoms with Crippen LogP contribution in [0.1, 0.15) is 11.3 Å². The van der Waals surface area contributed by atoms with Crippen LogP contribution in [0.4, 0.5) is 5.69 Å². The van der Waals surface area contributed by atoms with Crippen LogP contribution < -0.4 is 5.32 Å². The van der Waals surface area contributed by atoms with Gasteiger partial charge in [-0.15, -0.1) is 0 Å². The molecule has 0 atom stereocenters. The highest BCUT2D eigenvalue weighted by atomic mass is 79.9. The molecule has 128 valence electrons. The van der Waals surface area contributed by atoms with Crippen LogP contribution in [0.25, 0.3) is 0 Å². The lowest BCUT2D eigenvalue weighted by Crippen LogP contribution is -2.32. The maximum Gasteiger partial charge on any atom is 0.238 e. The summed E-state index contributed by atoms with van der Waals surface area (Å²) in [6.45, 7) is 1.53. The predicted molar refractivity (Wildman–Crippen MR) is 102 cm³/mol. The van der Waals surface area contributed by atoms with E-state index in [1.807, 2.05) is 54.6 Å². The molecule has 0 aliphatic rings. The van der Waals surface area contributed by atoms with E-state index in [4.69, 9.17) is 4.42 Å². The Balaban J connectivity index is 1.66. The Bertz CT molecular complexity index is 804. The average molecular weight is 399 g/mol. The average Bonchev–Trinajstić information content (AvgIpc) is 3.08. The number of anilines is 1. The second-order valence-corrected chi connectivity index (χ2v) is 6.68. The molecule has 0 saturated heterocycles. The summed E-state index contributed by atoms with van der Waals surface area (Å²) in [5, 5.41) is 2.94. The molecule has 4 nitrogen and oxygen atoms in total. The van der Waals surface area contributed by atoms with E-state index in [-0.39, 0.29) is 12.5 Å². The summed E-state index contributed by atoms with van der Waals surface area (Å²) in [6.07, 6.45) is 1.65. The summed E-state index contributed by atoms with van der Waals surface area (Å²) in [6, 6.07) is 21.5. The number of nitrogens with zero attached hydrogens (tertiary/aromatic N) is 1. The van der Waals surface area contributed by atoms with Crippen molar-refractivity contribution in [2.75, 3.05) is 11.9 Å². The fourth-order valence-corrected chi connectivity index (χ4v) is 3.00. The van der Waals surface area contributed by atoms with E-state index < -0.39 is 0 Å². The summed E-state index contributed by atoms with van der Waals surface area (Å²) >= 11 is 3.41. The molecular formula is C20H19BrN2O2. The van der Waals surface area contributed by atoms with Gasteiger partial charge in [0, 0.05) is 16.7 Å². The first-order valence-corrected chi connectivity index (χ1v) is 8.82. The van der Waals surface area contributed by atoms with Crippen molar-refractivity contribution < 1.29 is 9.21 Å². The van der Waals surface area contributed by atoms with Gasteiger partial charge in [-0.25, -0.2) is 0 Å². The van der Waals surface area contributed by atoms with Gasteiger partial charge >= 0.3 is 0 Å². The van der Waals surface area contributed by atoms with E-state index in [0.717, 1.165) is 21.5 Å². The van der Waals surface area contributed by atoms with Crippen molar-refractivity contribution in [2.45, 2.75) is 13.1 Å². The van der Waals surface area contributed by atoms with Gasteiger partial charge in [0.15, 0.2) is 0 Å². The van der Waals surface area contributed by atoms with Crippen LogP contribution >= 0.6 is 15.9 Å². The first-order valence-electron chi connectivity index (χ1n) is 8.03. The number of carbonyl (C=O) groups is 1. The smallest absolute Gasteiger partial charge is 0.238 e. The molecule has 3 aromatic rings. The lowest BCUT2D eigenvalue weighted by Gasteiger charge is -2.21. The van der Waals surface area contributed by atoms with Gasteiger partial charge in [-0.3, -0.25) is 9.69 Å². The normalized spacial score (nSPS) is 10.8. The number of rotatable bonds is 7. The van der Waals surface area contributed by atoms with Crippen LogP contribution in [-0.4, -0.2) is 17.4 Å². The Morgan fingerprint density at radius 1 is 1.00 bits per heavy atom. The van der Waals surface area contributed by atoms with Crippen molar-refractivity contribution >= 4 is 27.5 Å². The zero-order valence-corrected chi connectivity index (χ0v) is 15.3. The van der Waals surface area contributed by atoms with Gasteiger partial charge in [0.05, 0.1) is 19.4 Å². The van der Waals surface area contributed by atoms with Crippen molar-refractivity contribution in [2.24, 2.45) is 0 Å². The number of amides is 1. The predicted octanol–water partition coefficient (Wildman–Crippen LogP) is 4.68. The summed E-state index contributed by atoms with van der Waals surface area (Å²) in [5.74, 6) is 0.784. The number of furan rings is 1. The third-order valence-electron chi connectivity index (χ3n) is 3.68. The molecule has 1 heterocycles. The van der Waals surface area contributed by atoms with Crippen molar-refractivity contribution in [1.82, 2.24) is 4.90 Å². The molecule has 1 aromatic heterocycles. The highest BCUT2D eigenvalue weighted by molar-refractivity contribution is 9.10. The maximum absolute atomic E-state index is 12.5. The summed E-state index contributed by atoms with van der Waals surface area (Å²) in [4.78, 5) is 14.5. The molecule has 0 saturated carbocycles. The standard InChI is InChI=1S/C20H19BrN2O2/c21-17-8-4-9-18(12-17)22-20(24)15-23(14-19-10-5-11-25-19)13-16-6-2-1-3-7-16/h1-12H,13-15H2,(H,22,24). The van der Waals surface area contributed by atoms with Crippen LogP contribution in [0.5, 0.6) is 0 Å². The third kappa shape index (κ3) is 5.59. The van der Waals surface area contributed by atoms with Gasteiger partial charge in [-0.1, -0.05) is 52.3 Å². The van der Waals surface area contributed by atoms with Crippen LogP contribution in [0.3, 0.4) is 0 Å². The van der Waals surface area contributed by atoms with E-state index in [1.165, 1.54) is 0 Å². The van der Waals surface area contributed by atoms with E-state index in [2.05, 4.69) is 38.3 Å². The molecule has 0 aliphatic heterocycles. The zero-order chi connectivity index (χ0) is 17.5. The Morgan fingerprint density at radius 2 is 1.84 bits per heavy atom. The van der Waals surface area contributed by atoms with Crippen molar-refractivity contribution in [1.29, 1.82) is 0 Å². The number of benzene rings is 2. The molecule has 2 aromatic carbocycles. The molecule has 25 heavy (non-hydrogen) atoms. The molecule has 0 fully saturated rings. The summed E-state index contributed by atoms with van der Waals surface area (Å²) < 4.78 is 6.37. The number of halogens is 1. The van der Waals surface area contributed by atoms with Crippen molar-refractivity contribution in [3.63, 3.8) is 0 Å². The fraction of sp³-hybridized carbons (Fsp3) is 0.150. The van der Waals surface area contributed by atoms with Gasteiger partial charge in [-0.2, -0.15) is 0 Å². The fourth-order valence-electron chi connectivity index (χ4n) is 2.60. The van der Waals surface area contributed by atoms with Crippen LogP contribution in [0.15, 0.2) is 81.9 Å². The molecule has 3 rings (SSSR count). The van der Waals surface area contributed by atoms with Gasteiger partial charge in [0.1, 0.15) is 5.76 Å². The second-order valence-electron chi connectivity index (χ2n) is 5.77. The second kappa shape index (κ2) is 8.65. The minimum Gasteiger partial charge on any atom is -0.468 e. The van der Waals surface area contributed by atoms with E-state index >= 15 is 0 Å². The molecule has 0 aliphatic carbocycles. The monoisotopic (exact) mass is 398 g/mol. The summed E-state index contributed by atoms with van der Waals surface area (Å²) in [5.41, 5.74) is 1.93. The number of hydrogen-bond acceptors (Lipinski definition) is 3. The lowest BCUT2D eigenvalue weighted by molar-refractivity contribution is -0.117. The highest BCUT2D eigenvalue weighted by Crippen LogP contribution is 2.16. The van der Waals surface area contributed by atoms with Gasteiger partial charge in [0.25, 0.3) is 0 Å². The molecule has 1 N–H and O–H groups in total. The van der Waals surface area contributed by atoms with Crippen molar-refractivity contribution in [3.8, 4) is 0 Å². The molecule has 0 bridgehead atoms. The van der Waals surface area contributed by atoms with Gasteiger partial charge in [0.2, 0.25) is 5.91 Å². The van der Waals surface area contributed by atoms with E-state index in [1.54, 1.807) is 6.26 Å². The molecule has 5 heteroatoms. The van der Waals surface area contributed by atoms with Crippen LogP contribution in [0, 0.1) is 0 Å². The molecule has 1 amide bonds. The Labute approximate surface area is 155 Å². The number of carbonyl (C=O) groups excluding carboxylic acids is 1. The first-order chi connectivity index (χ1) is 12.2. The topological polar surface area (TPSA) is 45.5 Å². The SMILES string of the molecule is O=C(CN(Cc1ccccc1)Cc1ccco1)Nc1cccc(Br)c1. The summed E-state index contributed by atoms with van der Waals surface area (Å²) in [7, 11) is 0. The van der Waals surface area contributed by atoms with E-state index in [9.17, 15) is 4.79 Å². The molecule has 0 spiro atoms. The Kier molecular flexibility index (Phi) is 6.04. The minimum absolute atomic E-state index is 0.0550.